The van der Waals surface area contributed by atoms with Crippen LogP contribution in [0.2, 0.25) is 0 Å². The molecule has 24 heavy (non-hydrogen) atoms. The van der Waals surface area contributed by atoms with Crippen LogP contribution in [-0.4, -0.2) is 11.9 Å². The second kappa shape index (κ2) is 9.45. The summed E-state index contributed by atoms with van der Waals surface area (Å²) in [5, 5.41) is 0. The quantitative estimate of drug-likeness (QED) is 0.486. The van der Waals surface area contributed by atoms with Crippen molar-refractivity contribution in [2.24, 2.45) is 0 Å². The first-order valence-electron chi connectivity index (χ1n) is 8.84. The van der Waals surface area contributed by atoms with E-state index < -0.39 is 0 Å². The molecular formula is C20H30O4. The summed E-state index contributed by atoms with van der Waals surface area (Å²) in [7, 11) is 0. The van der Waals surface area contributed by atoms with Gasteiger partial charge < -0.3 is 9.47 Å². The Bertz CT molecular complexity index is 555. The lowest BCUT2D eigenvalue weighted by molar-refractivity contribution is -0.137. The molecule has 134 valence electrons. The largest absolute Gasteiger partial charge is 0.423 e. The fraction of sp³-hybridized carbons (Fsp3) is 0.600. The minimum absolute atomic E-state index is 0.230. The van der Waals surface area contributed by atoms with E-state index in [2.05, 4.69) is 0 Å². The smallest absolute Gasteiger partial charge is 0.311 e. The van der Waals surface area contributed by atoms with E-state index in [-0.39, 0.29) is 17.4 Å². The molecule has 1 aromatic rings. The van der Waals surface area contributed by atoms with Crippen LogP contribution >= 0.6 is 0 Å². The summed E-state index contributed by atoms with van der Waals surface area (Å²) in [6.45, 7) is 10.2. The van der Waals surface area contributed by atoms with Crippen molar-refractivity contribution in [3.63, 3.8) is 0 Å². The summed E-state index contributed by atoms with van der Waals surface area (Å²) in [6, 6.07) is 5.42. The molecule has 0 aromatic heterocycles. The predicted octanol–water partition coefficient (Wildman–Crippen LogP) is 5.18. The van der Waals surface area contributed by atoms with Crippen LogP contribution in [-0.2, 0) is 15.0 Å². The molecule has 1 aromatic carbocycles. The maximum absolute atomic E-state index is 12.1. The molecule has 0 aliphatic rings. The molecule has 0 fully saturated rings. The van der Waals surface area contributed by atoms with E-state index in [0.29, 0.717) is 24.3 Å². The maximum atomic E-state index is 12.1. The lowest BCUT2D eigenvalue weighted by Crippen LogP contribution is -2.18. The standard InChI is InChI=1S/C20H30O4/c1-6-8-13-17(21)23-16-12-10-11-15(20(3,4)5)19(16)24-18(22)14-9-7-2/h10-12H,6-9,13-14H2,1-5H3. The number of unbranched alkanes of at least 4 members (excludes halogenated alkanes) is 2. The lowest BCUT2D eigenvalue weighted by atomic mass is 9.86. The van der Waals surface area contributed by atoms with Gasteiger partial charge in [0.2, 0.25) is 0 Å². The third-order valence-corrected chi connectivity index (χ3v) is 3.70. The lowest BCUT2D eigenvalue weighted by Gasteiger charge is -2.23. The first kappa shape index (κ1) is 20.2. The molecule has 0 saturated heterocycles. The number of esters is 2. The third-order valence-electron chi connectivity index (χ3n) is 3.70. The number of benzene rings is 1. The zero-order chi connectivity index (χ0) is 18.2. The van der Waals surface area contributed by atoms with Crippen molar-refractivity contribution in [1.82, 2.24) is 0 Å². The van der Waals surface area contributed by atoms with Crippen LogP contribution in [0.4, 0.5) is 0 Å². The first-order valence-corrected chi connectivity index (χ1v) is 8.84. The van der Waals surface area contributed by atoms with E-state index in [1.54, 1.807) is 6.07 Å². The number of carbonyl (C=O) groups excluding carboxylic acids is 2. The van der Waals surface area contributed by atoms with Gasteiger partial charge in [-0.05, 0) is 24.3 Å². The highest BCUT2D eigenvalue weighted by Crippen LogP contribution is 2.39. The fourth-order valence-electron chi connectivity index (χ4n) is 2.27. The Morgan fingerprint density at radius 2 is 1.46 bits per heavy atom. The summed E-state index contributed by atoms with van der Waals surface area (Å²) in [4.78, 5) is 24.1. The second-order valence-corrected chi connectivity index (χ2v) is 7.04. The van der Waals surface area contributed by atoms with Gasteiger partial charge in [0.25, 0.3) is 0 Å². The maximum Gasteiger partial charge on any atom is 0.311 e. The van der Waals surface area contributed by atoms with Crippen molar-refractivity contribution < 1.29 is 19.1 Å². The monoisotopic (exact) mass is 334 g/mol. The molecule has 0 spiro atoms. The van der Waals surface area contributed by atoms with E-state index in [4.69, 9.17) is 9.47 Å². The normalized spacial score (nSPS) is 11.2. The van der Waals surface area contributed by atoms with E-state index in [1.807, 2.05) is 46.8 Å². The molecule has 4 heteroatoms. The Labute approximate surface area is 145 Å². The molecule has 0 unspecified atom stereocenters. The Morgan fingerprint density at radius 1 is 0.917 bits per heavy atom. The Morgan fingerprint density at radius 3 is 1.96 bits per heavy atom. The molecule has 0 saturated carbocycles. The number of para-hydroxylation sites is 1. The van der Waals surface area contributed by atoms with E-state index in [1.165, 1.54) is 0 Å². The van der Waals surface area contributed by atoms with Gasteiger partial charge in [-0.1, -0.05) is 59.6 Å². The van der Waals surface area contributed by atoms with Crippen LogP contribution in [0.25, 0.3) is 0 Å². The molecule has 0 N–H and O–H groups in total. The van der Waals surface area contributed by atoms with Crippen molar-refractivity contribution in [3.8, 4) is 11.5 Å². The van der Waals surface area contributed by atoms with Gasteiger partial charge in [0, 0.05) is 18.4 Å². The number of rotatable bonds is 8. The van der Waals surface area contributed by atoms with Gasteiger partial charge in [-0.25, -0.2) is 0 Å². The van der Waals surface area contributed by atoms with Crippen molar-refractivity contribution in [3.05, 3.63) is 23.8 Å². The number of carbonyl (C=O) groups is 2. The molecule has 0 radical (unpaired) electrons. The number of ether oxygens (including phenoxy) is 2. The van der Waals surface area contributed by atoms with E-state index >= 15 is 0 Å². The molecule has 0 amide bonds. The van der Waals surface area contributed by atoms with Crippen LogP contribution in [0, 0.1) is 0 Å². The zero-order valence-corrected chi connectivity index (χ0v) is 15.6. The Hall–Kier alpha value is -1.84. The highest BCUT2D eigenvalue weighted by Gasteiger charge is 2.24. The minimum atomic E-state index is -0.297. The Balaban J connectivity index is 3.08. The van der Waals surface area contributed by atoms with Gasteiger partial charge in [-0.15, -0.1) is 0 Å². The summed E-state index contributed by atoms with van der Waals surface area (Å²) in [5.41, 5.74) is 0.625. The molecule has 0 heterocycles. The van der Waals surface area contributed by atoms with E-state index in [0.717, 1.165) is 31.2 Å². The molecule has 0 bridgehead atoms. The SMILES string of the molecule is CCCCC(=O)Oc1cccc(C(C)(C)C)c1OC(=O)CCCC. The van der Waals surface area contributed by atoms with Gasteiger partial charge in [-0.3, -0.25) is 9.59 Å². The fourth-order valence-corrected chi connectivity index (χ4v) is 2.27. The zero-order valence-electron chi connectivity index (χ0n) is 15.6. The van der Waals surface area contributed by atoms with Gasteiger partial charge in [0.1, 0.15) is 0 Å². The van der Waals surface area contributed by atoms with Gasteiger partial charge >= 0.3 is 11.9 Å². The highest BCUT2D eigenvalue weighted by molar-refractivity contribution is 5.77. The first-order chi connectivity index (χ1) is 11.3. The molecular weight excluding hydrogens is 304 g/mol. The second-order valence-electron chi connectivity index (χ2n) is 7.04. The van der Waals surface area contributed by atoms with Crippen molar-refractivity contribution in [2.45, 2.75) is 78.6 Å². The van der Waals surface area contributed by atoms with Crippen LogP contribution in [0.3, 0.4) is 0 Å². The summed E-state index contributed by atoms with van der Waals surface area (Å²) >= 11 is 0. The van der Waals surface area contributed by atoms with Crippen LogP contribution < -0.4 is 9.47 Å². The number of hydrogen-bond acceptors (Lipinski definition) is 4. The van der Waals surface area contributed by atoms with Crippen LogP contribution in [0.1, 0.15) is 78.7 Å². The molecule has 0 aliphatic heterocycles. The predicted molar refractivity (Wildman–Crippen MR) is 95.5 cm³/mol. The summed E-state index contributed by atoms with van der Waals surface area (Å²) < 4.78 is 11.1. The van der Waals surface area contributed by atoms with Gasteiger partial charge in [0.15, 0.2) is 11.5 Å². The molecule has 1 rings (SSSR count). The van der Waals surface area contributed by atoms with Crippen LogP contribution in [0.15, 0.2) is 18.2 Å². The number of hydrogen-bond donors (Lipinski definition) is 0. The average molecular weight is 334 g/mol. The van der Waals surface area contributed by atoms with Crippen molar-refractivity contribution in [2.75, 3.05) is 0 Å². The highest BCUT2D eigenvalue weighted by atomic mass is 16.6. The van der Waals surface area contributed by atoms with E-state index in [9.17, 15) is 9.59 Å². The summed E-state index contributed by atoms with van der Waals surface area (Å²) in [5.74, 6) is 0.109. The minimum Gasteiger partial charge on any atom is -0.423 e. The average Bonchev–Trinajstić information content (AvgIpc) is 2.51. The summed E-state index contributed by atoms with van der Waals surface area (Å²) in [6.07, 6.45) is 4.13. The molecule has 4 nitrogen and oxygen atoms in total. The van der Waals surface area contributed by atoms with Crippen molar-refractivity contribution >= 4 is 11.9 Å². The molecule has 0 aliphatic carbocycles. The van der Waals surface area contributed by atoms with Gasteiger partial charge in [-0.2, -0.15) is 0 Å². The Kier molecular flexibility index (Phi) is 7.96. The van der Waals surface area contributed by atoms with Gasteiger partial charge in [0.05, 0.1) is 0 Å². The topological polar surface area (TPSA) is 52.6 Å². The third kappa shape index (κ3) is 6.34. The van der Waals surface area contributed by atoms with Crippen LogP contribution in [0.5, 0.6) is 11.5 Å². The van der Waals surface area contributed by atoms with Crippen molar-refractivity contribution in [1.29, 1.82) is 0 Å². The molecule has 0 atom stereocenters.